The van der Waals surface area contributed by atoms with Gasteiger partial charge in [-0.15, -0.1) is 0 Å². The van der Waals surface area contributed by atoms with Crippen molar-refractivity contribution in [1.82, 2.24) is 9.55 Å². The quantitative estimate of drug-likeness (QED) is 0.657. The average molecular weight is 380 g/mol. The smallest absolute Gasteiger partial charge is 0.255 e. The van der Waals surface area contributed by atoms with E-state index in [-0.39, 0.29) is 18.4 Å². The number of carbonyl (C=O) groups is 2. The second kappa shape index (κ2) is 8.72. The van der Waals surface area contributed by atoms with Gasteiger partial charge >= 0.3 is 0 Å². The Balaban J connectivity index is 1.86. The molecule has 2 N–H and O–H groups in total. The van der Waals surface area contributed by atoms with Gasteiger partial charge in [0.1, 0.15) is 6.54 Å². The van der Waals surface area contributed by atoms with Crippen molar-refractivity contribution >= 4 is 23.2 Å². The molecule has 0 atom stereocenters. The maximum atomic E-state index is 12.6. The Bertz CT molecular complexity index is 956. The lowest BCUT2D eigenvalue weighted by Gasteiger charge is -2.16. The molecule has 3 aromatic rings. The summed E-state index contributed by atoms with van der Waals surface area (Å²) in [6.07, 6.45) is 4.81. The summed E-state index contributed by atoms with van der Waals surface area (Å²) in [6, 6.07) is 12.2. The van der Waals surface area contributed by atoms with Crippen LogP contribution in [0.25, 0.3) is 0 Å². The summed E-state index contributed by atoms with van der Waals surface area (Å²) < 4.78 is 12.3. The summed E-state index contributed by atoms with van der Waals surface area (Å²) in [7, 11) is 2.93. The van der Waals surface area contributed by atoms with Crippen molar-refractivity contribution in [3.05, 3.63) is 66.7 Å². The molecule has 0 bridgehead atoms. The molecular weight excluding hydrogens is 360 g/mol. The highest BCUT2D eigenvalue weighted by Crippen LogP contribution is 2.37. The molecule has 1 heterocycles. The van der Waals surface area contributed by atoms with Crippen molar-refractivity contribution in [2.75, 3.05) is 24.9 Å². The standard InChI is InChI=1S/C20H20N4O4/c1-27-17-11-14(20(26)22-15-6-4-3-5-7-15)10-16(19(17)28-2)23-18(25)12-24-9-8-21-13-24/h3-11,13H,12H2,1-2H3,(H,22,26)(H,23,25). The van der Waals surface area contributed by atoms with Gasteiger partial charge in [-0.3, -0.25) is 9.59 Å². The Morgan fingerprint density at radius 1 is 1.07 bits per heavy atom. The largest absolute Gasteiger partial charge is 0.493 e. The maximum absolute atomic E-state index is 12.6. The van der Waals surface area contributed by atoms with Gasteiger partial charge in [0, 0.05) is 23.6 Å². The van der Waals surface area contributed by atoms with Crippen LogP contribution in [0, 0.1) is 0 Å². The molecule has 0 aliphatic heterocycles. The number of amides is 2. The molecule has 0 fully saturated rings. The van der Waals surface area contributed by atoms with E-state index in [1.807, 2.05) is 18.2 Å². The molecule has 0 aliphatic rings. The first-order valence-corrected chi connectivity index (χ1v) is 8.48. The number of ether oxygens (including phenoxy) is 2. The van der Waals surface area contributed by atoms with Crippen molar-refractivity contribution in [1.29, 1.82) is 0 Å². The van der Waals surface area contributed by atoms with Gasteiger partial charge in [0.05, 0.1) is 26.2 Å². The van der Waals surface area contributed by atoms with Crippen LogP contribution in [0.3, 0.4) is 0 Å². The van der Waals surface area contributed by atoms with E-state index in [0.717, 1.165) is 0 Å². The van der Waals surface area contributed by atoms with E-state index in [2.05, 4.69) is 15.6 Å². The molecule has 8 heteroatoms. The van der Waals surface area contributed by atoms with Crippen LogP contribution >= 0.6 is 0 Å². The van der Waals surface area contributed by atoms with Crippen LogP contribution in [-0.2, 0) is 11.3 Å². The van der Waals surface area contributed by atoms with Gasteiger partial charge in [-0.2, -0.15) is 0 Å². The van der Waals surface area contributed by atoms with Gasteiger partial charge in [-0.1, -0.05) is 18.2 Å². The fraction of sp³-hybridized carbons (Fsp3) is 0.150. The second-order valence-corrected chi connectivity index (χ2v) is 5.86. The molecular formula is C20H20N4O4. The van der Waals surface area contributed by atoms with E-state index >= 15 is 0 Å². The first-order valence-electron chi connectivity index (χ1n) is 8.48. The number of hydrogen-bond acceptors (Lipinski definition) is 5. The number of aromatic nitrogens is 2. The van der Waals surface area contributed by atoms with Gasteiger partial charge in [-0.25, -0.2) is 4.98 Å². The van der Waals surface area contributed by atoms with Crippen LogP contribution in [0.5, 0.6) is 11.5 Å². The van der Waals surface area contributed by atoms with Gasteiger partial charge in [0.15, 0.2) is 11.5 Å². The van der Waals surface area contributed by atoms with Gasteiger partial charge in [-0.05, 0) is 24.3 Å². The van der Waals surface area contributed by atoms with Crippen molar-refractivity contribution in [2.24, 2.45) is 0 Å². The van der Waals surface area contributed by atoms with Crippen molar-refractivity contribution < 1.29 is 19.1 Å². The number of nitrogens with one attached hydrogen (secondary N) is 2. The van der Waals surface area contributed by atoms with Crippen LogP contribution in [0.4, 0.5) is 11.4 Å². The number of anilines is 2. The van der Waals surface area contributed by atoms with Crippen LogP contribution in [-0.4, -0.2) is 35.6 Å². The van der Waals surface area contributed by atoms with E-state index in [4.69, 9.17) is 9.47 Å². The number of para-hydroxylation sites is 1. The van der Waals surface area contributed by atoms with Crippen LogP contribution in [0.15, 0.2) is 61.2 Å². The molecule has 0 unspecified atom stereocenters. The summed E-state index contributed by atoms with van der Waals surface area (Å²) in [6.45, 7) is 0.0753. The molecule has 1 aromatic heterocycles. The number of nitrogens with zero attached hydrogens (tertiary/aromatic N) is 2. The zero-order chi connectivity index (χ0) is 19.9. The summed E-state index contributed by atoms with van der Waals surface area (Å²) in [5.41, 5.74) is 1.32. The summed E-state index contributed by atoms with van der Waals surface area (Å²) in [5.74, 6) is 0.0371. The van der Waals surface area contributed by atoms with E-state index in [1.54, 1.807) is 47.6 Å². The third-order valence-electron chi connectivity index (χ3n) is 3.93. The Morgan fingerprint density at radius 2 is 1.86 bits per heavy atom. The predicted molar refractivity (Wildman–Crippen MR) is 105 cm³/mol. The van der Waals surface area contributed by atoms with Gasteiger partial charge in [0.2, 0.25) is 5.91 Å². The third-order valence-corrected chi connectivity index (χ3v) is 3.93. The Labute approximate surface area is 162 Å². The summed E-state index contributed by atoms with van der Waals surface area (Å²) in [4.78, 5) is 28.9. The van der Waals surface area contributed by atoms with E-state index in [9.17, 15) is 9.59 Å². The molecule has 0 saturated carbocycles. The Kier molecular flexibility index (Phi) is 5.91. The SMILES string of the molecule is COc1cc(C(=O)Nc2ccccc2)cc(NC(=O)Cn2ccnc2)c1OC. The topological polar surface area (TPSA) is 94.5 Å². The number of methoxy groups -OCH3 is 2. The number of carbonyl (C=O) groups excluding carboxylic acids is 2. The van der Waals surface area contributed by atoms with Crippen LogP contribution in [0.2, 0.25) is 0 Å². The van der Waals surface area contributed by atoms with E-state index in [0.29, 0.717) is 28.4 Å². The highest BCUT2D eigenvalue weighted by Gasteiger charge is 2.18. The van der Waals surface area contributed by atoms with E-state index in [1.165, 1.54) is 14.2 Å². The van der Waals surface area contributed by atoms with E-state index < -0.39 is 0 Å². The number of hydrogen-bond donors (Lipinski definition) is 2. The van der Waals surface area contributed by atoms with Crippen LogP contribution in [0.1, 0.15) is 10.4 Å². The maximum Gasteiger partial charge on any atom is 0.255 e. The minimum atomic E-state index is -0.336. The lowest BCUT2D eigenvalue weighted by atomic mass is 10.1. The van der Waals surface area contributed by atoms with Crippen molar-refractivity contribution in [2.45, 2.75) is 6.54 Å². The molecule has 28 heavy (non-hydrogen) atoms. The third kappa shape index (κ3) is 4.47. The molecule has 0 aliphatic carbocycles. The molecule has 8 nitrogen and oxygen atoms in total. The fourth-order valence-electron chi connectivity index (χ4n) is 2.65. The lowest BCUT2D eigenvalue weighted by Crippen LogP contribution is -2.19. The second-order valence-electron chi connectivity index (χ2n) is 5.86. The zero-order valence-corrected chi connectivity index (χ0v) is 15.5. The van der Waals surface area contributed by atoms with Gasteiger partial charge in [0.25, 0.3) is 5.91 Å². The molecule has 2 aromatic carbocycles. The Morgan fingerprint density at radius 3 is 2.50 bits per heavy atom. The molecule has 0 saturated heterocycles. The minimum Gasteiger partial charge on any atom is -0.493 e. The van der Waals surface area contributed by atoms with Crippen LogP contribution < -0.4 is 20.1 Å². The first kappa shape index (κ1) is 19.0. The summed E-state index contributed by atoms with van der Waals surface area (Å²) >= 11 is 0. The van der Waals surface area contributed by atoms with Crippen molar-refractivity contribution in [3.63, 3.8) is 0 Å². The molecule has 144 valence electrons. The lowest BCUT2D eigenvalue weighted by molar-refractivity contribution is -0.116. The normalized spacial score (nSPS) is 10.2. The summed E-state index contributed by atoms with van der Waals surface area (Å²) in [5, 5.41) is 5.56. The first-order chi connectivity index (χ1) is 13.6. The number of benzene rings is 2. The minimum absolute atomic E-state index is 0.0753. The molecule has 3 rings (SSSR count). The Hall–Kier alpha value is -3.81. The van der Waals surface area contributed by atoms with Crippen molar-refractivity contribution in [3.8, 4) is 11.5 Å². The molecule has 0 radical (unpaired) electrons. The highest BCUT2D eigenvalue weighted by molar-refractivity contribution is 6.06. The van der Waals surface area contributed by atoms with Gasteiger partial charge < -0.3 is 24.7 Å². The number of imidazole rings is 1. The highest BCUT2D eigenvalue weighted by atomic mass is 16.5. The zero-order valence-electron chi connectivity index (χ0n) is 15.5. The molecule has 2 amide bonds. The number of rotatable bonds is 7. The fourth-order valence-corrected chi connectivity index (χ4v) is 2.65. The molecule has 0 spiro atoms. The average Bonchev–Trinajstić information content (AvgIpc) is 3.20. The predicted octanol–water partition coefficient (Wildman–Crippen LogP) is 2.79. The monoisotopic (exact) mass is 380 g/mol.